The van der Waals surface area contributed by atoms with E-state index in [1.807, 2.05) is 29.2 Å². The van der Waals surface area contributed by atoms with Crippen LogP contribution in [0.25, 0.3) is 22.8 Å². The zero-order valence-electron chi connectivity index (χ0n) is 18.8. The van der Waals surface area contributed by atoms with Crippen molar-refractivity contribution in [2.45, 2.75) is 0 Å². The van der Waals surface area contributed by atoms with Crippen LogP contribution in [0.5, 0.6) is 0 Å². The van der Waals surface area contributed by atoms with Crippen LogP contribution in [0.2, 0.25) is 0 Å². The SMILES string of the molecule is O=[N+]([O-])c1ccc(-c2nn(-c3cccc(N(CCCl)CCCl)c3)[n+](-c3ccc([N+](=O)[O-])cc3)n2)cc1. The second kappa shape index (κ2) is 11.1. The van der Waals surface area contributed by atoms with Gasteiger partial charge >= 0.3 is 5.82 Å². The third kappa shape index (κ3) is 5.42. The Bertz CT molecular complexity index is 1370. The van der Waals surface area contributed by atoms with Crippen molar-refractivity contribution in [1.29, 1.82) is 0 Å². The van der Waals surface area contributed by atoms with Crippen LogP contribution in [0.15, 0.2) is 72.8 Å². The molecule has 36 heavy (non-hydrogen) atoms. The summed E-state index contributed by atoms with van der Waals surface area (Å²) in [6, 6.07) is 19.4. The van der Waals surface area contributed by atoms with E-state index in [-0.39, 0.29) is 11.4 Å². The molecule has 13 heteroatoms. The van der Waals surface area contributed by atoms with Gasteiger partial charge in [0, 0.05) is 59.6 Å². The molecule has 0 amide bonds. The molecule has 0 N–H and O–H groups in total. The number of benzene rings is 3. The molecule has 0 radical (unpaired) electrons. The number of tetrazole rings is 1. The summed E-state index contributed by atoms with van der Waals surface area (Å²) in [6.45, 7) is 1.21. The highest BCUT2D eigenvalue weighted by atomic mass is 35.5. The van der Waals surface area contributed by atoms with E-state index >= 15 is 0 Å². The van der Waals surface area contributed by atoms with Gasteiger partial charge in [0.15, 0.2) is 5.69 Å². The minimum atomic E-state index is -0.480. The van der Waals surface area contributed by atoms with Gasteiger partial charge in [-0.2, -0.15) is 0 Å². The summed E-state index contributed by atoms with van der Waals surface area (Å²) in [5.74, 6) is 1.17. The number of nitro benzene ring substituents is 2. The third-order valence-electron chi connectivity index (χ3n) is 5.32. The minimum absolute atomic E-state index is 0.0483. The van der Waals surface area contributed by atoms with Gasteiger partial charge in [0.1, 0.15) is 5.69 Å². The van der Waals surface area contributed by atoms with Crippen LogP contribution in [0.3, 0.4) is 0 Å². The van der Waals surface area contributed by atoms with Crippen LogP contribution < -0.4 is 9.70 Å². The van der Waals surface area contributed by atoms with Gasteiger partial charge in [0.25, 0.3) is 11.4 Å². The summed E-state index contributed by atoms with van der Waals surface area (Å²) in [4.78, 5) is 26.3. The largest absolute Gasteiger partial charge is 0.369 e. The van der Waals surface area contributed by atoms with Crippen LogP contribution in [-0.2, 0) is 0 Å². The van der Waals surface area contributed by atoms with Crippen LogP contribution in [-0.4, -0.2) is 49.7 Å². The summed E-state index contributed by atoms with van der Waals surface area (Å²) in [5, 5.41) is 31.4. The molecule has 0 bridgehead atoms. The fourth-order valence-electron chi connectivity index (χ4n) is 3.56. The number of hydrogen-bond donors (Lipinski definition) is 0. The van der Waals surface area contributed by atoms with Crippen molar-refractivity contribution < 1.29 is 14.6 Å². The number of alkyl halides is 2. The van der Waals surface area contributed by atoms with Crippen molar-refractivity contribution in [2.24, 2.45) is 0 Å². The van der Waals surface area contributed by atoms with Gasteiger partial charge in [-0.15, -0.1) is 23.2 Å². The van der Waals surface area contributed by atoms with E-state index in [2.05, 4.69) is 10.2 Å². The summed E-state index contributed by atoms with van der Waals surface area (Å²) >= 11 is 11.9. The molecule has 4 rings (SSSR count). The molecule has 0 aliphatic rings. The maximum absolute atomic E-state index is 11.1. The Hall–Kier alpha value is -4.09. The fourth-order valence-corrected chi connectivity index (χ4v) is 3.97. The summed E-state index contributed by atoms with van der Waals surface area (Å²) in [7, 11) is 0. The van der Waals surface area contributed by atoms with Gasteiger partial charge < -0.3 is 4.90 Å². The minimum Gasteiger partial charge on any atom is -0.369 e. The first-order chi connectivity index (χ1) is 17.4. The zero-order valence-corrected chi connectivity index (χ0v) is 20.3. The number of rotatable bonds is 10. The smallest absolute Gasteiger partial charge is 0.340 e. The molecule has 0 fully saturated rings. The first kappa shape index (κ1) is 25.0. The second-order valence-corrected chi connectivity index (χ2v) is 8.32. The van der Waals surface area contributed by atoms with Crippen molar-refractivity contribution in [3.8, 4) is 22.8 Å². The standard InChI is InChI=1S/C23H20Cl2N7O4/c24-12-14-28(15-13-25)21-2-1-3-22(16-21)30-27-23(17-4-6-19(7-5-17)31(33)34)26-29(30)18-8-10-20(11-9-18)32(35)36/h1-11,16H,12-15H2/q+1. The zero-order chi connectivity index (χ0) is 25.7. The van der Waals surface area contributed by atoms with Gasteiger partial charge in [0.05, 0.1) is 20.5 Å². The molecule has 1 aromatic heterocycles. The van der Waals surface area contributed by atoms with Crippen LogP contribution >= 0.6 is 23.2 Å². The van der Waals surface area contributed by atoms with Crippen molar-refractivity contribution in [3.05, 3.63) is 93.0 Å². The van der Waals surface area contributed by atoms with Gasteiger partial charge in [-0.05, 0) is 52.4 Å². The van der Waals surface area contributed by atoms with Gasteiger partial charge in [-0.25, -0.2) is 0 Å². The number of anilines is 1. The highest BCUT2D eigenvalue weighted by molar-refractivity contribution is 6.18. The molecule has 0 unspecified atom stereocenters. The summed E-state index contributed by atoms with van der Waals surface area (Å²) in [6.07, 6.45) is 0. The van der Waals surface area contributed by atoms with Gasteiger partial charge in [-0.3, -0.25) is 20.2 Å². The molecule has 0 aliphatic heterocycles. The Balaban J connectivity index is 1.82. The lowest BCUT2D eigenvalue weighted by atomic mass is 10.2. The average molecular weight is 529 g/mol. The quantitative estimate of drug-likeness (QED) is 0.130. The highest BCUT2D eigenvalue weighted by Crippen LogP contribution is 2.22. The molecule has 184 valence electrons. The Labute approximate surface area is 215 Å². The summed E-state index contributed by atoms with van der Waals surface area (Å²) in [5.41, 5.74) is 2.55. The second-order valence-electron chi connectivity index (χ2n) is 7.56. The van der Waals surface area contributed by atoms with E-state index in [9.17, 15) is 20.2 Å². The molecule has 0 atom stereocenters. The Kier molecular flexibility index (Phi) is 7.71. The van der Waals surface area contributed by atoms with Gasteiger partial charge in [0.2, 0.25) is 0 Å². The molecule has 3 aromatic carbocycles. The number of hydrogen-bond acceptors (Lipinski definition) is 7. The van der Waals surface area contributed by atoms with Crippen LogP contribution in [0.1, 0.15) is 0 Å². The molecular weight excluding hydrogens is 509 g/mol. The number of nitrogens with zero attached hydrogens (tertiary/aromatic N) is 7. The average Bonchev–Trinajstić information content (AvgIpc) is 3.34. The Morgan fingerprint density at radius 1 is 0.861 bits per heavy atom. The maximum atomic E-state index is 11.1. The van der Waals surface area contributed by atoms with E-state index in [1.54, 1.807) is 29.1 Å². The lowest BCUT2D eigenvalue weighted by Gasteiger charge is -2.22. The highest BCUT2D eigenvalue weighted by Gasteiger charge is 2.25. The predicted molar refractivity (Wildman–Crippen MR) is 135 cm³/mol. The molecule has 0 spiro atoms. The molecule has 11 nitrogen and oxygen atoms in total. The molecule has 1 heterocycles. The maximum Gasteiger partial charge on any atom is 0.340 e. The lowest BCUT2D eigenvalue weighted by molar-refractivity contribution is -0.734. The third-order valence-corrected chi connectivity index (χ3v) is 5.66. The number of aromatic nitrogens is 4. The lowest BCUT2D eigenvalue weighted by Crippen LogP contribution is -2.43. The first-order valence-electron chi connectivity index (χ1n) is 10.8. The monoisotopic (exact) mass is 528 g/mol. The molecule has 0 saturated carbocycles. The van der Waals surface area contributed by atoms with Crippen molar-refractivity contribution >= 4 is 40.3 Å². The Morgan fingerprint density at radius 3 is 2.00 bits per heavy atom. The van der Waals surface area contributed by atoms with Crippen molar-refractivity contribution in [3.63, 3.8) is 0 Å². The van der Waals surface area contributed by atoms with Crippen LogP contribution in [0, 0.1) is 20.2 Å². The topological polar surface area (TPSA) is 124 Å². The van der Waals surface area contributed by atoms with E-state index in [0.29, 0.717) is 47.6 Å². The predicted octanol–water partition coefficient (Wildman–Crippen LogP) is 4.31. The molecule has 4 aromatic rings. The molecular formula is C23H20Cl2N7O4+. The van der Waals surface area contributed by atoms with E-state index in [0.717, 1.165) is 5.69 Å². The number of halogens is 2. The normalized spacial score (nSPS) is 10.8. The number of nitro groups is 2. The Morgan fingerprint density at radius 2 is 1.44 bits per heavy atom. The number of non-ortho nitro benzene ring substituents is 2. The van der Waals surface area contributed by atoms with Gasteiger partial charge in [-0.1, -0.05) is 6.07 Å². The van der Waals surface area contributed by atoms with E-state index in [4.69, 9.17) is 23.2 Å². The molecule has 0 aliphatic carbocycles. The summed E-state index contributed by atoms with van der Waals surface area (Å²) < 4.78 is 0. The van der Waals surface area contributed by atoms with Crippen LogP contribution in [0.4, 0.5) is 17.1 Å². The fraction of sp³-hybridized carbons (Fsp3) is 0.174. The van der Waals surface area contributed by atoms with E-state index in [1.165, 1.54) is 29.1 Å². The van der Waals surface area contributed by atoms with E-state index < -0.39 is 9.85 Å². The first-order valence-corrected chi connectivity index (χ1v) is 11.8. The molecule has 0 saturated heterocycles. The van der Waals surface area contributed by atoms with Crippen molar-refractivity contribution in [2.75, 3.05) is 29.7 Å². The van der Waals surface area contributed by atoms with Crippen molar-refractivity contribution in [1.82, 2.24) is 15.0 Å².